The highest BCUT2D eigenvalue weighted by Crippen LogP contribution is 2.17. The van der Waals surface area contributed by atoms with E-state index in [1.165, 1.54) is 7.11 Å². The van der Waals surface area contributed by atoms with Gasteiger partial charge in [0.25, 0.3) is 0 Å². The molecule has 0 spiro atoms. The molecule has 0 heterocycles. The molecule has 0 amide bonds. The van der Waals surface area contributed by atoms with E-state index < -0.39 is 0 Å². The van der Waals surface area contributed by atoms with E-state index in [1.54, 1.807) is 0 Å². The molecule has 1 aromatic rings. The molecule has 1 aromatic carbocycles. The lowest BCUT2D eigenvalue weighted by atomic mass is 10.1. The molecule has 0 saturated heterocycles. The summed E-state index contributed by atoms with van der Waals surface area (Å²) in [5.74, 6) is 0.596. The summed E-state index contributed by atoms with van der Waals surface area (Å²) in [6.07, 6.45) is 0. The third kappa shape index (κ3) is 4.44. The molecule has 1 rings (SSSR count). The van der Waals surface area contributed by atoms with Gasteiger partial charge < -0.3 is 14.8 Å². The van der Waals surface area contributed by atoms with Crippen LogP contribution in [0.25, 0.3) is 0 Å². The van der Waals surface area contributed by atoms with E-state index >= 15 is 0 Å². The van der Waals surface area contributed by atoms with Crippen LogP contribution in [0, 0.1) is 0 Å². The van der Waals surface area contributed by atoms with Crippen LogP contribution < -0.4 is 10.1 Å². The number of methoxy groups -OCH3 is 1. The maximum absolute atomic E-state index is 11.0. The van der Waals surface area contributed by atoms with Gasteiger partial charge in [-0.15, -0.1) is 0 Å². The maximum Gasteiger partial charge on any atom is 0.319 e. The number of carbonyl (C=O) groups is 1. The van der Waals surface area contributed by atoms with Gasteiger partial charge in [-0.1, -0.05) is 12.1 Å². The average Bonchev–Trinajstić information content (AvgIpc) is 2.36. The zero-order valence-electron chi connectivity index (χ0n) is 10.5. The van der Waals surface area contributed by atoms with Crippen LogP contribution in [0.1, 0.15) is 25.5 Å². The van der Waals surface area contributed by atoms with Crippen molar-refractivity contribution in [1.29, 1.82) is 0 Å². The van der Waals surface area contributed by atoms with Gasteiger partial charge in [-0.05, 0) is 31.5 Å². The number of rotatable bonds is 6. The van der Waals surface area contributed by atoms with Crippen molar-refractivity contribution in [2.75, 3.05) is 20.3 Å². The largest absolute Gasteiger partial charge is 0.494 e. The normalized spacial score (nSPS) is 11.9. The Morgan fingerprint density at radius 1 is 1.35 bits per heavy atom. The molecular formula is C13H19NO3. The molecule has 0 radical (unpaired) electrons. The van der Waals surface area contributed by atoms with Crippen molar-refractivity contribution in [3.8, 4) is 5.75 Å². The lowest BCUT2D eigenvalue weighted by molar-refractivity contribution is -0.139. The lowest BCUT2D eigenvalue weighted by Crippen LogP contribution is -2.26. The molecule has 4 nitrogen and oxygen atoms in total. The van der Waals surface area contributed by atoms with Crippen LogP contribution in [-0.2, 0) is 9.53 Å². The Balaban J connectivity index is 2.51. The van der Waals surface area contributed by atoms with Crippen LogP contribution in [0.3, 0.4) is 0 Å². The molecule has 0 fully saturated rings. The van der Waals surface area contributed by atoms with Gasteiger partial charge in [0.2, 0.25) is 0 Å². The molecule has 0 aliphatic carbocycles. The Labute approximate surface area is 102 Å². The minimum atomic E-state index is -0.261. The van der Waals surface area contributed by atoms with Crippen LogP contribution in [0.15, 0.2) is 24.3 Å². The van der Waals surface area contributed by atoms with E-state index in [-0.39, 0.29) is 18.6 Å². The summed E-state index contributed by atoms with van der Waals surface area (Å²) in [5, 5.41) is 3.09. The Morgan fingerprint density at radius 2 is 2.00 bits per heavy atom. The summed E-state index contributed by atoms with van der Waals surface area (Å²) in [6, 6.07) is 7.93. The number of benzene rings is 1. The Morgan fingerprint density at radius 3 is 2.53 bits per heavy atom. The van der Waals surface area contributed by atoms with Crippen LogP contribution in [0.5, 0.6) is 5.75 Å². The predicted molar refractivity (Wildman–Crippen MR) is 66.0 cm³/mol. The second kappa shape index (κ2) is 6.91. The van der Waals surface area contributed by atoms with Crippen molar-refractivity contribution in [3.05, 3.63) is 29.8 Å². The second-order valence-corrected chi connectivity index (χ2v) is 3.68. The van der Waals surface area contributed by atoms with Crippen molar-refractivity contribution < 1.29 is 14.3 Å². The van der Waals surface area contributed by atoms with Gasteiger partial charge in [0, 0.05) is 6.04 Å². The maximum atomic E-state index is 11.0. The molecule has 0 aliphatic heterocycles. The summed E-state index contributed by atoms with van der Waals surface area (Å²) in [4.78, 5) is 11.0. The van der Waals surface area contributed by atoms with Gasteiger partial charge in [-0.25, -0.2) is 0 Å². The topological polar surface area (TPSA) is 47.6 Å². The Bertz CT molecular complexity index is 348. The van der Waals surface area contributed by atoms with Gasteiger partial charge >= 0.3 is 5.97 Å². The molecule has 1 unspecified atom stereocenters. The first-order chi connectivity index (χ1) is 8.17. The zero-order chi connectivity index (χ0) is 12.7. The number of hydrogen-bond donors (Lipinski definition) is 1. The molecule has 1 N–H and O–H groups in total. The summed E-state index contributed by atoms with van der Waals surface area (Å²) in [5.41, 5.74) is 1.11. The van der Waals surface area contributed by atoms with Crippen LogP contribution >= 0.6 is 0 Å². The molecule has 94 valence electrons. The first kappa shape index (κ1) is 13.5. The number of esters is 1. The second-order valence-electron chi connectivity index (χ2n) is 3.68. The molecule has 1 atom stereocenters. The smallest absolute Gasteiger partial charge is 0.319 e. The molecule has 0 bridgehead atoms. The predicted octanol–water partition coefficient (Wildman–Crippen LogP) is 1.91. The fraction of sp³-hybridized carbons (Fsp3) is 0.462. The molecule has 4 heteroatoms. The first-order valence-electron chi connectivity index (χ1n) is 5.70. The molecular weight excluding hydrogens is 218 g/mol. The summed E-state index contributed by atoms with van der Waals surface area (Å²) in [6.45, 7) is 4.83. The molecule has 0 saturated carbocycles. The highest BCUT2D eigenvalue weighted by Gasteiger charge is 2.07. The van der Waals surface area contributed by atoms with E-state index in [2.05, 4.69) is 10.1 Å². The van der Waals surface area contributed by atoms with Crippen molar-refractivity contribution in [3.63, 3.8) is 0 Å². The SMILES string of the molecule is CCOc1ccc(C(C)NCC(=O)OC)cc1. The fourth-order valence-corrected chi connectivity index (χ4v) is 1.45. The molecule has 0 aliphatic rings. The summed E-state index contributed by atoms with van der Waals surface area (Å²) in [7, 11) is 1.38. The first-order valence-corrected chi connectivity index (χ1v) is 5.70. The van der Waals surface area contributed by atoms with Gasteiger partial charge in [0.1, 0.15) is 5.75 Å². The molecule has 17 heavy (non-hydrogen) atoms. The van der Waals surface area contributed by atoms with Gasteiger partial charge in [0.15, 0.2) is 0 Å². The lowest BCUT2D eigenvalue weighted by Gasteiger charge is -2.13. The summed E-state index contributed by atoms with van der Waals surface area (Å²) < 4.78 is 9.93. The third-order valence-corrected chi connectivity index (χ3v) is 2.47. The van der Waals surface area contributed by atoms with Gasteiger partial charge in [0.05, 0.1) is 20.3 Å². The van der Waals surface area contributed by atoms with Crippen molar-refractivity contribution in [2.45, 2.75) is 19.9 Å². The van der Waals surface area contributed by atoms with Gasteiger partial charge in [-0.2, -0.15) is 0 Å². The van der Waals surface area contributed by atoms with Gasteiger partial charge in [-0.3, -0.25) is 4.79 Å². The van der Waals surface area contributed by atoms with Crippen LogP contribution in [0.4, 0.5) is 0 Å². The van der Waals surface area contributed by atoms with E-state index in [4.69, 9.17) is 4.74 Å². The van der Waals surface area contributed by atoms with Crippen LogP contribution in [-0.4, -0.2) is 26.2 Å². The zero-order valence-corrected chi connectivity index (χ0v) is 10.5. The van der Waals surface area contributed by atoms with Crippen molar-refractivity contribution in [2.24, 2.45) is 0 Å². The minimum Gasteiger partial charge on any atom is -0.494 e. The van der Waals surface area contributed by atoms with E-state index in [0.29, 0.717) is 6.61 Å². The van der Waals surface area contributed by atoms with Crippen molar-refractivity contribution >= 4 is 5.97 Å². The number of ether oxygens (including phenoxy) is 2. The van der Waals surface area contributed by atoms with Crippen LogP contribution in [0.2, 0.25) is 0 Å². The highest BCUT2D eigenvalue weighted by molar-refractivity contribution is 5.71. The standard InChI is InChI=1S/C13H19NO3/c1-4-17-12-7-5-11(6-8-12)10(2)14-9-13(15)16-3/h5-8,10,14H,4,9H2,1-3H3. The van der Waals surface area contributed by atoms with E-state index in [9.17, 15) is 4.79 Å². The quantitative estimate of drug-likeness (QED) is 0.768. The van der Waals surface area contributed by atoms with E-state index in [0.717, 1.165) is 11.3 Å². The minimum absolute atomic E-state index is 0.102. The number of carbonyl (C=O) groups excluding carboxylic acids is 1. The summed E-state index contributed by atoms with van der Waals surface area (Å²) >= 11 is 0. The molecule has 0 aromatic heterocycles. The monoisotopic (exact) mass is 237 g/mol. The third-order valence-electron chi connectivity index (χ3n) is 2.47. The number of nitrogens with one attached hydrogen (secondary N) is 1. The van der Waals surface area contributed by atoms with Crippen molar-refractivity contribution in [1.82, 2.24) is 5.32 Å². The van der Waals surface area contributed by atoms with E-state index in [1.807, 2.05) is 38.1 Å². The highest BCUT2D eigenvalue weighted by atomic mass is 16.5. The Kier molecular flexibility index (Phi) is 5.49. The number of hydrogen-bond acceptors (Lipinski definition) is 4. The average molecular weight is 237 g/mol. The Hall–Kier alpha value is -1.55. The fourth-order valence-electron chi connectivity index (χ4n) is 1.45.